The molecule has 1 heterocycles. The molecule has 0 saturated carbocycles. The van der Waals surface area contributed by atoms with Crippen molar-refractivity contribution in [2.45, 2.75) is 16.4 Å². The van der Waals surface area contributed by atoms with Gasteiger partial charge in [0, 0.05) is 12.5 Å². The van der Waals surface area contributed by atoms with Gasteiger partial charge in [-0.3, -0.25) is 0 Å². The van der Waals surface area contributed by atoms with Crippen LogP contribution < -0.4 is 4.74 Å². The predicted octanol–water partition coefficient (Wildman–Crippen LogP) is 5.81. The number of aromatic nitrogens is 1. The largest absolute Gasteiger partial charge is 0.439 e. The SMILES string of the molecule is FC(F)(F)c1cccc(Oc2cccc(CC(Cl)(Cl)Cl)c2)n1. The number of alkyl halides is 6. The zero-order chi connectivity index (χ0) is 16.4. The molecule has 1 aromatic heterocycles. The van der Waals surface area contributed by atoms with Gasteiger partial charge in [0.25, 0.3) is 0 Å². The molecular weight excluding hydrogens is 362 g/mol. The second kappa shape index (κ2) is 6.52. The number of halogens is 6. The molecule has 118 valence electrons. The minimum absolute atomic E-state index is 0.144. The first-order valence-corrected chi connectivity index (χ1v) is 7.15. The zero-order valence-corrected chi connectivity index (χ0v) is 13.1. The number of nitrogens with zero attached hydrogens (tertiary/aromatic N) is 1. The van der Waals surface area contributed by atoms with Gasteiger partial charge in [-0.15, -0.1) is 0 Å². The van der Waals surface area contributed by atoms with Gasteiger partial charge in [0.2, 0.25) is 5.88 Å². The van der Waals surface area contributed by atoms with E-state index >= 15 is 0 Å². The molecule has 0 unspecified atom stereocenters. The lowest BCUT2D eigenvalue weighted by atomic mass is 10.1. The van der Waals surface area contributed by atoms with Crippen molar-refractivity contribution in [3.8, 4) is 11.6 Å². The fourth-order valence-corrected chi connectivity index (χ4v) is 2.16. The smallest absolute Gasteiger partial charge is 0.433 e. The van der Waals surface area contributed by atoms with Crippen molar-refractivity contribution in [2.24, 2.45) is 0 Å². The lowest BCUT2D eigenvalue weighted by Crippen LogP contribution is -2.08. The summed E-state index contributed by atoms with van der Waals surface area (Å²) in [6.45, 7) is 0. The van der Waals surface area contributed by atoms with Crippen LogP contribution in [0.2, 0.25) is 0 Å². The Morgan fingerprint density at radius 2 is 1.68 bits per heavy atom. The van der Waals surface area contributed by atoms with Gasteiger partial charge in [0.05, 0.1) is 0 Å². The third-order valence-electron chi connectivity index (χ3n) is 2.54. The topological polar surface area (TPSA) is 22.1 Å². The van der Waals surface area contributed by atoms with Gasteiger partial charge in [-0.2, -0.15) is 13.2 Å². The first kappa shape index (κ1) is 17.2. The first-order chi connectivity index (χ1) is 10.1. The normalized spacial score (nSPS) is 12.3. The van der Waals surface area contributed by atoms with Crippen LogP contribution in [0.25, 0.3) is 0 Å². The molecule has 2 aromatic rings. The maximum Gasteiger partial charge on any atom is 0.433 e. The van der Waals surface area contributed by atoms with Crippen LogP contribution in [0.4, 0.5) is 13.2 Å². The molecule has 0 atom stereocenters. The Labute approximate surface area is 139 Å². The van der Waals surface area contributed by atoms with Crippen LogP contribution in [0.1, 0.15) is 11.3 Å². The summed E-state index contributed by atoms with van der Waals surface area (Å²) in [5.74, 6) is 0.138. The second-order valence-corrected chi connectivity index (χ2v) is 6.92. The highest BCUT2D eigenvalue weighted by Gasteiger charge is 2.32. The summed E-state index contributed by atoms with van der Waals surface area (Å²) in [6, 6.07) is 9.93. The molecule has 2 nitrogen and oxygen atoms in total. The van der Waals surface area contributed by atoms with E-state index in [1.165, 1.54) is 12.1 Å². The molecule has 22 heavy (non-hydrogen) atoms. The number of hydrogen-bond acceptors (Lipinski definition) is 2. The van der Waals surface area contributed by atoms with Crippen molar-refractivity contribution in [2.75, 3.05) is 0 Å². The molecule has 0 saturated heterocycles. The van der Waals surface area contributed by atoms with Crippen molar-refractivity contribution in [3.63, 3.8) is 0 Å². The van der Waals surface area contributed by atoms with Gasteiger partial charge in [-0.25, -0.2) is 4.98 Å². The van der Waals surface area contributed by atoms with Gasteiger partial charge < -0.3 is 4.74 Å². The number of hydrogen-bond donors (Lipinski definition) is 0. The van der Waals surface area contributed by atoms with E-state index in [2.05, 4.69) is 4.98 Å². The van der Waals surface area contributed by atoms with E-state index in [0.29, 0.717) is 11.3 Å². The number of ether oxygens (including phenoxy) is 1. The fourth-order valence-electron chi connectivity index (χ4n) is 1.70. The molecule has 0 aliphatic rings. The standard InChI is InChI=1S/C14H9Cl3F3NO/c15-13(16,17)8-9-3-1-4-10(7-9)22-12-6-2-5-11(21-12)14(18,19)20/h1-7H,8H2. The van der Waals surface area contributed by atoms with Gasteiger partial charge in [0.1, 0.15) is 11.4 Å². The summed E-state index contributed by atoms with van der Waals surface area (Å²) in [5, 5.41) is 0. The molecule has 0 aliphatic heterocycles. The van der Waals surface area contributed by atoms with Crippen LogP contribution in [0.5, 0.6) is 11.6 Å². The zero-order valence-electron chi connectivity index (χ0n) is 10.9. The quantitative estimate of drug-likeness (QED) is 0.637. The maximum absolute atomic E-state index is 12.6. The number of pyridine rings is 1. The van der Waals surface area contributed by atoms with E-state index < -0.39 is 15.7 Å². The summed E-state index contributed by atoms with van der Waals surface area (Å²) in [4.78, 5) is 3.42. The van der Waals surface area contributed by atoms with Gasteiger partial charge in [-0.05, 0) is 23.8 Å². The Balaban J connectivity index is 2.19. The van der Waals surface area contributed by atoms with Crippen molar-refractivity contribution < 1.29 is 17.9 Å². The second-order valence-electron chi connectivity index (χ2n) is 4.40. The molecule has 0 radical (unpaired) electrons. The van der Waals surface area contributed by atoms with E-state index in [1.807, 2.05) is 0 Å². The first-order valence-electron chi connectivity index (χ1n) is 6.01. The monoisotopic (exact) mass is 369 g/mol. The van der Waals surface area contributed by atoms with E-state index in [1.54, 1.807) is 24.3 Å². The third-order valence-corrected chi connectivity index (χ3v) is 2.94. The van der Waals surface area contributed by atoms with Crippen molar-refractivity contribution >= 4 is 34.8 Å². The lowest BCUT2D eigenvalue weighted by Gasteiger charge is -2.12. The lowest BCUT2D eigenvalue weighted by molar-refractivity contribution is -0.141. The number of rotatable bonds is 3. The Hall–Kier alpha value is -1.17. The molecule has 1 aromatic carbocycles. The highest BCUT2D eigenvalue weighted by Crippen LogP contribution is 2.32. The summed E-state index contributed by atoms with van der Waals surface area (Å²) in [7, 11) is 0. The molecule has 8 heteroatoms. The van der Waals surface area contributed by atoms with Crippen LogP contribution in [0.15, 0.2) is 42.5 Å². The predicted molar refractivity (Wildman–Crippen MR) is 79.7 cm³/mol. The summed E-state index contributed by atoms with van der Waals surface area (Å²) < 4.78 is 41.6. The minimum Gasteiger partial charge on any atom is -0.439 e. The molecule has 0 amide bonds. The average Bonchev–Trinajstić information content (AvgIpc) is 2.36. The fraction of sp³-hybridized carbons (Fsp3) is 0.214. The highest BCUT2D eigenvalue weighted by atomic mass is 35.6. The molecule has 0 aliphatic carbocycles. The molecule has 0 bridgehead atoms. The Bertz CT molecular complexity index is 656. The van der Waals surface area contributed by atoms with E-state index in [-0.39, 0.29) is 12.3 Å². The van der Waals surface area contributed by atoms with Crippen LogP contribution in [-0.4, -0.2) is 8.78 Å². The summed E-state index contributed by atoms with van der Waals surface area (Å²) >= 11 is 17.1. The van der Waals surface area contributed by atoms with Gasteiger partial charge >= 0.3 is 6.18 Å². The summed E-state index contributed by atoms with van der Waals surface area (Å²) in [5.41, 5.74) is -0.355. The minimum atomic E-state index is -4.53. The molecule has 0 N–H and O–H groups in total. The van der Waals surface area contributed by atoms with Crippen LogP contribution in [0, 0.1) is 0 Å². The van der Waals surface area contributed by atoms with E-state index in [4.69, 9.17) is 39.5 Å². The van der Waals surface area contributed by atoms with Crippen molar-refractivity contribution in [1.29, 1.82) is 0 Å². The molecular formula is C14H9Cl3F3NO. The average molecular weight is 371 g/mol. The Morgan fingerprint density at radius 3 is 2.32 bits per heavy atom. The van der Waals surface area contributed by atoms with Crippen LogP contribution in [0.3, 0.4) is 0 Å². The molecule has 2 rings (SSSR count). The number of benzene rings is 1. The van der Waals surface area contributed by atoms with Crippen molar-refractivity contribution in [1.82, 2.24) is 4.98 Å². The maximum atomic E-state index is 12.6. The molecule has 0 spiro atoms. The summed E-state index contributed by atoms with van der Waals surface area (Å²) in [6.07, 6.45) is -4.39. The Morgan fingerprint density at radius 1 is 1.00 bits per heavy atom. The van der Waals surface area contributed by atoms with Crippen molar-refractivity contribution in [3.05, 3.63) is 53.7 Å². The van der Waals surface area contributed by atoms with Crippen LogP contribution >= 0.6 is 34.8 Å². The third kappa shape index (κ3) is 5.23. The van der Waals surface area contributed by atoms with E-state index in [0.717, 1.165) is 6.07 Å². The molecule has 0 fully saturated rings. The van der Waals surface area contributed by atoms with E-state index in [9.17, 15) is 13.2 Å². The van der Waals surface area contributed by atoms with Gasteiger partial charge in [0.15, 0.2) is 3.79 Å². The van der Waals surface area contributed by atoms with Gasteiger partial charge in [-0.1, -0.05) is 53.0 Å². The highest BCUT2D eigenvalue weighted by molar-refractivity contribution is 6.67. The van der Waals surface area contributed by atoms with Crippen LogP contribution in [-0.2, 0) is 12.6 Å². The Kier molecular flexibility index (Phi) is 5.10.